The van der Waals surface area contributed by atoms with Crippen LogP contribution in [0, 0.1) is 5.92 Å². The highest BCUT2D eigenvalue weighted by molar-refractivity contribution is 6.21. The predicted octanol–water partition coefficient (Wildman–Crippen LogP) is 14.8. The summed E-state index contributed by atoms with van der Waals surface area (Å²) in [7, 11) is 0. The molecule has 0 fully saturated rings. The van der Waals surface area contributed by atoms with Crippen molar-refractivity contribution in [2.75, 3.05) is 0 Å². The lowest BCUT2D eigenvalue weighted by Crippen LogP contribution is -2.19. The fourth-order valence-electron chi connectivity index (χ4n) is 10.2. The van der Waals surface area contributed by atoms with Crippen LogP contribution < -0.4 is 0 Å². The SMILES string of the molecule is CC1C2=Cc3c(n(-c4ccc5c(c4)oc4c6ccccc6cc(-c6nc(-c7ccccc7)nc(-c7cccc8ccccc78)n6)c54)c4cc5ccccc5cc34)C1C=CC=CC2. The predicted molar refractivity (Wildman–Crippen MR) is 256 cm³/mol. The zero-order chi connectivity index (χ0) is 40.9. The third-order valence-electron chi connectivity index (χ3n) is 13.2. The van der Waals surface area contributed by atoms with Gasteiger partial charge in [-0.15, -0.1) is 0 Å². The number of fused-ring (bicyclic) bond motifs is 13. The van der Waals surface area contributed by atoms with Crippen molar-refractivity contribution >= 4 is 71.2 Å². The van der Waals surface area contributed by atoms with Gasteiger partial charge in [-0.1, -0.05) is 164 Å². The maximum absolute atomic E-state index is 7.10. The van der Waals surface area contributed by atoms with Gasteiger partial charge in [0.05, 0.1) is 5.52 Å². The van der Waals surface area contributed by atoms with Gasteiger partial charge < -0.3 is 8.98 Å². The van der Waals surface area contributed by atoms with E-state index in [2.05, 4.69) is 181 Å². The Bertz CT molecular complexity index is 3750. The summed E-state index contributed by atoms with van der Waals surface area (Å²) >= 11 is 0. The maximum atomic E-state index is 7.10. The van der Waals surface area contributed by atoms with Crippen LogP contribution in [-0.4, -0.2) is 19.5 Å². The van der Waals surface area contributed by atoms with E-state index in [9.17, 15) is 0 Å². The largest absolute Gasteiger partial charge is 0.455 e. The molecule has 13 rings (SSSR count). The molecule has 0 aliphatic heterocycles. The van der Waals surface area contributed by atoms with Crippen molar-refractivity contribution in [2.24, 2.45) is 5.92 Å². The molecule has 2 aliphatic carbocycles. The van der Waals surface area contributed by atoms with Crippen molar-refractivity contribution in [2.45, 2.75) is 19.3 Å². The van der Waals surface area contributed by atoms with E-state index in [1.54, 1.807) is 0 Å². The van der Waals surface area contributed by atoms with E-state index in [4.69, 9.17) is 19.4 Å². The van der Waals surface area contributed by atoms with Gasteiger partial charge in [0, 0.05) is 67.2 Å². The lowest BCUT2D eigenvalue weighted by atomic mass is 9.76. The number of benzene rings is 8. The Kier molecular flexibility index (Phi) is 7.64. The number of allylic oxidation sites excluding steroid dienone is 5. The monoisotopic (exact) mass is 794 g/mol. The quantitative estimate of drug-likeness (QED) is 0.178. The van der Waals surface area contributed by atoms with E-state index >= 15 is 0 Å². The molecule has 0 spiro atoms. The second-order valence-electron chi connectivity index (χ2n) is 16.7. The van der Waals surface area contributed by atoms with Crippen molar-refractivity contribution in [3.8, 4) is 39.9 Å². The molecule has 8 aromatic carbocycles. The van der Waals surface area contributed by atoms with E-state index in [0.717, 1.165) is 72.3 Å². The van der Waals surface area contributed by atoms with Crippen LogP contribution in [0.5, 0.6) is 0 Å². The first-order valence-corrected chi connectivity index (χ1v) is 21.4. The first kappa shape index (κ1) is 34.9. The molecule has 292 valence electrons. The molecule has 0 N–H and O–H groups in total. The second-order valence-corrected chi connectivity index (χ2v) is 16.7. The molecule has 5 heteroatoms. The van der Waals surface area contributed by atoms with Gasteiger partial charge in [0.1, 0.15) is 11.2 Å². The Balaban J connectivity index is 1.08. The van der Waals surface area contributed by atoms with E-state index < -0.39 is 0 Å². The van der Waals surface area contributed by atoms with Crippen LogP contribution in [0.15, 0.2) is 192 Å². The van der Waals surface area contributed by atoms with E-state index in [1.165, 1.54) is 38.5 Å². The van der Waals surface area contributed by atoms with E-state index in [-0.39, 0.29) is 5.92 Å². The zero-order valence-corrected chi connectivity index (χ0v) is 34.0. The third-order valence-corrected chi connectivity index (χ3v) is 13.2. The van der Waals surface area contributed by atoms with Gasteiger partial charge >= 0.3 is 0 Å². The highest BCUT2D eigenvalue weighted by Crippen LogP contribution is 2.48. The average molecular weight is 795 g/mol. The Morgan fingerprint density at radius 1 is 0.565 bits per heavy atom. The third kappa shape index (κ3) is 5.31. The number of furan rings is 1. The molecule has 2 aliphatic rings. The number of rotatable bonds is 4. The molecule has 2 unspecified atom stereocenters. The van der Waals surface area contributed by atoms with Gasteiger partial charge in [-0.05, 0) is 69.6 Å². The Labute approximate surface area is 357 Å². The normalized spacial score (nSPS) is 16.0. The van der Waals surface area contributed by atoms with Crippen LogP contribution in [0.25, 0.3) is 111 Å². The molecular weight excluding hydrogens is 757 g/mol. The smallest absolute Gasteiger partial charge is 0.164 e. The molecular formula is C57H38N4O. The second kappa shape index (κ2) is 13.6. The minimum Gasteiger partial charge on any atom is -0.455 e. The van der Waals surface area contributed by atoms with Crippen molar-refractivity contribution < 1.29 is 4.42 Å². The summed E-state index contributed by atoms with van der Waals surface area (Å²) in [4.78, 5) is 15.7. The molecule has 0 saturated heterocycles. The molecule has 2 atom stereocenters. The van der Waals surface area contributed by atoms with Crippen LogP contribution in [0.4, 0.5) is 0 Å². The summed E-state index contributed by atoms with van der Waals surface area (Å²) < 4.78 is 9.60. The van der Waals surface area contributed by atoms with Gasteiger partial charge in [0.15, 0.2) is 17.5 Å². The Morgan fingerprint density at radius 3 is 2.13 bits per heavy atom. The summed E-state index contributed by atoms with van der Waals surface area (Å²) in [5.41, 5.74) is 10.8. The van der Waals surface area contributed by atoms with Crippen LogP contribution >= 0.6 is 0 Å². The van der Waals surface area contributed by atoms with Gasteiger partial charge in [0.2, 0.25) is 0 Å². The molecule has 11 aromatic rings. The molecule has 3 aromatic heterocycles. The maximum Gasteiger partial charge on any atom is 0.164 e. The van der Waals surface area contributed by atoms with Crippen molar-refractivity contribution in [3.05, 3.63) is 199 Å². The zero-order valence-electron chi connectivity index (χ0n) is 34.0. The number of hydrogen-bond donors (Lipinski definition) is 0. The first-order chi connectivity index (χ1) is 30.6. The molecule has 62 heavy (non-hydrogen) atoms. The molecule has 0 amide bonds. The first-order valence-electron chi connectivity index (χ1n) is 21.4. The lowest BCUT2D eigenvalue weighted by molar-refractivity contribution is 0.570. The van der Waals surface area contributed by atoms with E-state index in [0.29, 0.717) is 23.4 Å². The summed E-state index contributed by atoms with van der Waals surface area (Å²) in [5.74, 6) is 2.43. The van der Waals surface area contributed by atoms with Gasteiger partial charge in [0.25, 0.3) is 0 Å². The fraction of sp³-hybridized carbons (Fsp3) is 0.0702. The number of aromatic nitrogens is 4. The van der Waals surface area contributed by atoms with Crippen molar-refractivity contribution in [1.29, 1.82) is 0 Å². The summed E-state index contributed by atoms with van der Waals surface area (Å²) in [5, 5.41) is 10.1. The van der Waals surface area contributed by atoms with Crippen molar-refractivity contribution in [3.63, 3.8) is 0 Å². The average Bonchev–Trinajstić information content (AvgIpc) is 3.86. The Hall–Kier alpha value is -7.89. The highest BCUT2D eigenvalue weighted by atomic mass is 16.3. The van der Waals surface area contributed by atoms with E-state index in [1.807, 2.05) is 18.2 Å². The molecule has 0 saturated carbocycles. The highest BCUT2D eigenvalue weighted by Gasteiger charge is 2.33. The molecule has 3 heterocycles. The minimum atomic E-state index is 0.214. The topological polar surface area (TPSA) is 56.7 Å². The van der Waals surface area contributed by atoms with Crippen molar-refractivity contribution in [1.82, 2.24) is 19.5 Å². The summed E-state index contributed by atoms with van der Waals surface area (Å²) in [6.45, 7) is 2.38. The minimum absolute atomic E-state index is 0.214. The van der Waals surface area contributed by atoms with Crippen LogP contribution in [0.3, 0.4) is 0 Å². The van der Waals surface area contributed by atoms with Gasteiger partial charge in [-0.2, -0.15) is 0 Å². The van der Waals surface area contributed by atoms with Gasteiger partial charge in [-0.3, -0.25) is 0 Å². The van der Waals surface area contributed by atoms with Gasteiger partial charge in [-0.25, -0.2) is 15.0 Å². The summed E-state index contributed by atoms with van der Waals surface area (Å²) in [6, 6.07) is 55.8. The van der Waals surface area contributed by atoms with Crippen LogP contribution in [0.2, 0.25) is 0 Å². The number of nitrogens with zero attached hydrogens (tertiary/aromatic N) is 4. The standard InChI is InChI=1S/C57H38N4O/c1-34-37-18-6-3-7-23-42(34)53-48(29-37)47-30-38-19-8-9-20-39(38)32-50(47)61(53)41-27-28-46-51(33-41)62-54-44-25-13-11-21-40(44)31-49(52(46)54)57-59-55(36-16-4-2-5-17-36)58-56(60-57)45-26-14-22-35-15-10-12-24-43(35)45/h2-17,19-34,42H,18H2,1H3. The number of hydrogen-bond acceptors (Lipinski definition) is 4. The van der Waals surface area contributed by atoms with Crippen LogP contribution in [0.1, 0.15) is 30.5 Å². The molecule has 5 nitrogen and oxygen atoms in total. The lowest BCUT2D eigenvalue weighted by Gasteiger charge is -2.31. The summed E-state index contributed by atoms with van der Waals surface area (Å²) in [6.07, 6.45) is 12.5. The fourth-order valence-corrected chi connectivity index (χ4v) is 10.2. The van der Waals surface area contributed by atoms with Crippen LogP contribution in [-0.2, 0) is 0 Å². The molecule has 0 radical (unpaired) electrons. The molecule has 2 bridgehead atoms. The Morgan fingerprint density at radius 2 is 1.27 bits per heavy atom.